The maximum absolute atomic E-state index is 12.0. The zero-order valence-electron chi connectivity index (χ0n) is 15.3. The number of aliphatic hydroxyl groups excluding tert-OH is 1. The van der Waals surface area contributed by atoms with Crippen molar-refractivity contribution in [1.82, 2.24) is 0 Å². The third kappa shape index (κ3) is 3.80. The van der Waals surface area contributed by atoms with Crippen LogP contribution in [0.2, 0.25) is 0 Å². The molecule has 0 aliphatic carbocycles. The van der Waals surface area contributed by atoms with Crippen LogP contribution in [0.25, 0.3) is 0 Å². The van der Waals surface area contributed by atoms with Crippen molar-refractivity contribution in [1.29, 1.82) is 0 Å². The van der Waals surface area contributed by atoms with Gasteiger partial charge >= 0.3 is 5.97 Å². The van der Waals surface area contributed by atoms with Crippen molar-refractivity contribution in [2.24, 2.45) is 0 Å². The molecule has 6 atom stereocenters. The number of benzene rings is 2. The first kappa shape index (κ1) is 19.0. The molecule has 2 aliphatic rings. The Labute approximate surface area is 162 Å². The van der Waals surface area contributed by atoms with E-state index in [1.807, 2.05) is 60.7 Å². The fourth-order valence-corrected chi connectivity index (χ4v) is 3.42. The van der Waals surface area contributed by atoms with Crippen molar-refractivity contribution >= 4 is 5.97 Å². The Morgan fingerprint density at radius 2 is 1.57 bits per heavy atom. The zero-order chi connectivity index (χ0) is 19.5. The summed E-state index contributed by atoms with van der Waals surface area (Å²) in [5.74, 6) is -0.788. The zero-order valence-corrected chi connectivity index (χ0v) is 15.3. The van der Waals surface area contributed by atoms with Gasteiger partial charge < -0.3 is 28.8 Å². The summed E-state index contributed by atoms with van der Waals surface area (Å²) in [5.41, 5.74) is 1.60. The van der Waals surface area contributed by atoms with Gasteiger partial charge in [-0.1, -0.05) is 60.7 Å². The van der Waals surface area contributed by atoms with Crippen LogP contribution in [-0.4, -0.2) is 49.2 Å². The molecule has 2 aromatic rings. The molecule has 7 heteroatoms. The smallest absolute Gasteiger partial charge is 0.337 e. The molecule has 2 saturated heterocycles. The number of fused-ring (bicyclic) bond motifs is 1. The monoisotopic (exact) mass is 386 g/mol. The van der Waals surface area contributed by atoms with Crippen LogP contribution < -0.4 is 0 Å². The molecule has 0 saturated carbocycles. The predicted octanol–water partition coefficient (Wildman–Crippen LogP) is 2.12. The maximum atomic E-state index is 12.0. The van der Waals surface area contributed by atoms with Crippen molar-refractivity contribution < 1.29 is 33.6 Å². The normalized spacial score (nSPS) is 30.9. The third-order valence-electron chi connectivity index (χ3n) is 4.86. The summed E-state index contributed by atoms with van der Waals surface area (Å²) in [5, 5.41) is 10.5. The average molecular weight is 386 g/mol. The summed E-state index contributed by atoms with van der Waals surface area (Å²) < 4.78 is 28.6. The van der Waals surface area contributed by atoms with Crippen LogP contribution in [0.1, 0.15) is 23.7 Å². The summed E-state index contributed by atoms with van der Waals surface area (Å²) in [4.78, 5) is 12.0. The summed E-state index contributed by atoms with van der Waals surface area (Å²) in [7, 11) is 1.22. The largest absolute Gasteiger partial charge is 0.467 e. The van der Waals surface area contributed by atoms with Crippen LogP contribution in [0.3, 0.4) is 0 Å². The fourth-order valence-electron chi connectivity index (χ4n) is 3.42. The van der Waals surface area contributed by atoms with Gasteiger partial charge in [-0.2, -0.15) is 0 Å². The first-order valence-corrected chi connectivity index (χ1v) is 9.11. The topological polar surface area (TPSA) is 83.5 Å². The van der Waals surface area contributed by atoms with Gasteiger partial charge in [0.1, 0.15) is 18.3 Å². The molecule has 1 N–H and O–H groups in total. The van der Waals surface area contributed by atoms with Gasteiger partial charge in [0.2, 0.25) is 0 Å². The lowest BCUT2D eigenvalue weighted by Gasteiger charge is -2.46. The lowest BCUT2D eigenvalue weighted by atomic mass is 9.99. The van der Waals surface area contributed by atoms with E-state index in [-0.39, 0.29) is 6.61 Å². The molecule has 0 radical (unpaired) electrons. The van der Waals surface area contributed by atoms with E-state index in [2.05, 4.69) is 0 Å². The van der Waals surface area contributed by atoms with E-state index in [0.29, 0.717) is 0 Å². The minimum Gasteiger partial charge on any atom is -0.467 e. The van der Waals surface area contributed by atoms with E-state index >= 15 is 0 Å². The number of methoxy groups -OCH3 is 1. The van der Waals surface area contributed by atoms with Gasteiger partial charge in [-0.25, -0.2) is 4.79 Å². The van der Waals surface area contributed by atoms with E-state index in [1.165, 1.54) is 7.11 Å². The Balaban J connectivity index is 1.59. The lowest BCUT2D eigenvalue weighted by Crippen LogP contribution is -2.59. The highest BCUT2D eigenvalue weighted by Crippen LogP contribution is 2.38. The molecule has 28 heavy (non-hydrogen) atoms. The van der Waals surface area contributed by atoms with E-state index in [0.717, 1.165) is 11.1 Å². The van der Waals surface area contributed by atoms with Gasteiger partial charge in [-0.3, -0.25) is 0 Å². The lowest BCUT2D eigenvalue weighted by molar-refractivity contribution is -0.371. The highest BCUT2D eigenvalue weighted by molar-refractivity contribution is 5.75. The highest BCUT2D eigenvalue weighted by Gasteiger charge is 2.50. The van der Waals surface area contributed by atoms with Gasteiger partial charge in [0.25, 0.3) is 0 Å². The number of hydrogen-bond acceptors (Lipinski definition) is 7. The van der Waals surface area contributed by atoms with Gasteiger partial charge in [0.15, 0.2) is 18.7 Å². The van der Waals surface area contributed by atoms with Gasteiger partial charge in [0, 0.05) is 11.1 Å². The number of hydrogen-bond donors (Lipinski definition) is 1. The second kappa shape index (κ2) is 8.38. The molecular weight excluding hydrogens is 364 g/mol. The summed E-state index contributed by atoms with van der Waals surface area (Å²) >= 11 is 0. The van der Waals surface area contributed by atoms with Crippen molar-refractivity contribution in [2.75, 3.05) is 13.7 Å². The van der Waals surface area contributed by atoms with E-state index in [1.54, 1.807) is 0 Å². The van der Waals surface area contributed by atoms with Gasteiger partial charge in [-0.15, -0.1) is 0 Å². The van der Waals surface area contributed by atoms with Crippen LogP contribution in [0.5, 0.6) is 0 Å². The van der Waals surface area contributed by atoms with Crippen LogP contribution in [0.4, 0.5) is 0 Å². The van der Waals surface area contributed by atoms with Crippen LogP contribution in [0.15, 0.2) is 60.7 Å². The molecule has 7 nitrogen and oxygen atoms in total. The van der Waals surface area contributed by atoms with Crippen molar-refractivity contribution in [2.45, 2.75) is 37.0 Å². The standard InChI is InChI=1S/C21H22O7/c1-24-19(23)16(22)18-17-15(26-21(28-18)14-10-6-3-7-11-14)12-25-20(27-17)13-8-4-2-5-9-13/h2-11,15-18,20-22H,12H2,1H3/t15-,16-,17+,18+,20?,21?/m0/s1. The van der Waals surface area contributed by atoms with Crippen LogP contribution in [0, 0.1) is 0 Å². The minimum absolute atomic E-state index is 0.237. The molecule has 2 heterocycles. The molecule has 2 aromatic carbocycles. The van der Waals surface area contributed by atoms with Crippen molar-refractivity contribution in [3.05, 3.63) is 71.8 Å². The Morgan fingerprint density at radius 1 is 0.964 bits per heavy atom. The quantitative estimate of drug-likeness (QED) is 0.806. The third-order valence-corrected chi connectivity index (χ3v) is 4.86. The minimum atomic E-state index is -1.51. The number of carbonyl (C=O) groups excluding carboxylic acids is 1. The first-order valence-electron chi connectivity index (χ1n) is 9.11. The predicted molar refractivity (Wildman–Crippen MR) is 97.0 cm³/mol. The molecule has 148 valence electrons. The molecular formula is C21H22O7. The second-order valence-electron chi connectivity index (χ2n) is 6.66. The first-order chi connectivity index (χ1) is 13.7. The number of rotatable bonds is 4. The van der Waals surface area contributed by atoms with E-state index in [9.17, 15) is 9.90 Å². The summed E-state index contributed by atoms with van der Waals surface area (Å²) in [6, 6.07) is 18.7. The van der Waals surface area contributed by atoms with E-state index < -0.39 is 43.0 Å². The summed E-state index contributed by atoms with van der Waals surface area (Å²) in [6.45, 7) is 0.237. The molecule has 0 aromatic heterocycles. The van der Waals surface area contributed by atoms with Crippen LogP contribution in [-0.2, 0) is 28.5 Å². The van der Waals surface area contributed by atoms with Gasteiger partial charge in [0.05, 0.1) is 13.7 Å². The molecule has 4 rings (SSSR count). The SMILES string of the molecule is COC(=O)[C@@H](O)[C@H]1OC(c2ccccc2)O[C@H]2COC(c3ccccc3)O[C@@H]12. The number of esters is 1. The molecule has 0 bridgehead atoms. The summed E-state index contributed by atoms with van der Waals surface area (Å²) in [6.07, 6.45) is -5.09. The molecule has 2 unspecified atom stereocenters. The van der Waals surface area contributed by atoms with E-state index in [4.69, 9.17) is 23.7 Å². The Bertz CT molecular complexity index is 782. The average Bonchev–Trinajstić information content (AvgIpc) is 2.78. The van der Waals surface area contributed by atoms with Crippen molar-refractivity contribution in [3.8, 4) is 0 Å². The van der Waals surface area contributed by atoms with Crippen LogP contribution >= 0.6 is 0 Å². The Morgan fingerprint density at radius 3 is 2.18 bits per heavy atom. The van der Waals surface area contributed by atoms with Crippen molar-refractivity contribution in [3.63, 3.8) is 0 Å². The van der Waals surface area contributed by atoms with Gasteiger partial charge in [-0.05, 0) is 0 Å². The number of aliphatic hydroxyl groups is 1. The molecule has 2 aliphatic heterocycles. The number of ether oxygens (including phenoxy) is 5. The number of carbonyl (C=O) groups is 1. The fraction of sp³-hybridized carbons (Fsp3) is 0.381. The molecule has 0 amide bonds. The maximum Gasteiger partial charge on any atom is 0.337 e. The molecule has 2 fully saturated rings. The highest BCUT2D eigenvalue weighted by atomic mass is 16.8. The Kier molecular flexibility index (Phi) is 5.70. The Hall–Kier alpha value is -2.29. The molecule has 0 spiro atoms. The second-order valence-corrected chi connectivity index (χ2v) is 6.66.